The predicted octanol–water partition coefficient (Wildman–Crippen LogP) is 4.53. The molecule has 25 heavy (non-hydrogen) atoms. The maximum atomic E-state index is 13.7. The summed E-state index contributed by atoms with van der Waals surface area (Å²) in [6, 6.07) is 11.8. The summed E-state index contributed by atoms with van der Waals surface area (Å²) >= 11 is 5.84. The molecule has 1 amide bonds. The fourth-order valence-electron chi connectivity index (χ4n) is 2.63. The van der Waals surface area contributed by atoms with E-state index < -0.39 is 17.7 Å². The Kier molecular flexibility index (Phi) is 4.95. The molecule has 0 fully saturated rings. The van der Waals surface area contributed by atoms with E-state index in [2.05, 4.69) is 10.3 Å². The number of aromatic nitrogens is 1. The number of nitrogens with zero attached hydrogens (tertiary/aromatic N) is 1. The molecule has 0 saturated heterocycles. The Morgan fingerprint density at radius 3 is 2.60 bits per heavy atom. The van der Waals surface area contributed by atoms with Gasteiger partial charge >= 0.3 is 0 Å². The number of carbonyl (C=O) groups is 1. The zero-order chi connectivity index (χ0) is 18.0. The van der Waals surface area contributed by atoms with Gasteiger partial charge in [-0.05, 0) is 55.8 Å². The van der Waals surface area contributed by atoms with Gasteiger partial charge < -0.3 is 5.32 Å². The highest BCUT2D eigenvalue weighted by Gasteiger charge is 2.15. The largest absolute Gasteiger partial charge is 0.349 e. The summed E-state index contributed by atoms with van der Waals surface area (Å²) < 4.78 is 27.4. The molecule has 2 aromatic carbocycles. The molecule has 0 radical (unpaired) electrons. The number of halogens is 3. The summed E-state index contributed by atoms with van der Waals surface area (Å²) in [7, 11) is 0. The Morgan fingerprint density at radius 2 is 1.88 bits per heavy atom. The van der Waals surface area contributed by atoms with Gasteiger partial charge in [0.25, 0.3) is 5.91 Å². The van der Waals surface area contributed by atoms with Crippen molar-refractivity contribution in [1.29, 1.82) is 0 Å². The second kappa shape index (κ2) is 7.15. The average molecular weight is 361 g/mol. The third kappa shape index (κ3) is 3.94. The predicted molar refractivity (Wildman–Crippen MR) is 93.7 cm³/mol. The monoisotopic (exact) mass is 360 g/mol. The molecule has 0 aliphatic rings. The van der Waals surface area contributed by atoms with Crippen LogP contribution in [0.2, 0.25) is 5.15 Å². The first-order valence-electron chi connectivity index (χ1n) is 7.74. The molecule has 0 saturated carbocycles. The van der Waals surface area contributed by atoms with Gasteiger partial charge in [0.15, 0.2) is 0 Å². The van der Waals surface area contributed by atoms with E-state index in [4.69, 9.17) is 11.6 Å². The highest BCUT2D eigenvalue weighted by atomic mass is 35.5. The Bertz CT molecular complexity index is 926. The summed E-state index contributed by atoms with van der Waals surface area (Å²) in [6.07, 6.45) is 0.0645. The molecule has 0 spiro atoms. The molecule has 1 atom stereocenters. The van der Waals surface area contributed by atoms with Crippen molar-refractivity contribution in [3.63, 3.8) is 0 Å². The molecule has 0 bridgehead atoms. The zero-order valence-electron chi connectivity index (χ0n) is 13.4. The number of carbonyl (C=O) groups excluding carboxylic acids is 1. The molecule has 0 aliphatic carbocycles. The topological polar surface area (TPSA) is 42.0 Å². The Balaban J connectivity index is 1.74. The van der Waals surface area contributed by atoms with Crippen molar-refractivity contribution < 1.29 is 13.6 Å². The minimum absolute atomic E-state index is 0.0346. The van der Waals surface area contributed by atoms with Crippen LogP contribution in [0.5, 0.6) is 0 Å². The molecule has 0 aliphatic heterocycles. The number of amides is 1. The zero-order valence-corrected chi connectivity index (χ0v) is 14.1. The van der Waals surface area contributed by atoms with Crippen LogP contribution in [0, 0.1) is 11.6 Å². The summed E-state index contributed by atoms with van der Waals surface area (Å²) in [5.74, 6) is -1.55. The summed E-state index contributed by atoms with van der Waals surface area (Å²) in [6.45, 7) is 1.70. The van der Waals surface area contributed by atoms with Crippen molar-refractivity contribution in [3.05, 3.63) is 76.4 Å². The highest BCUT2D eigenvalue weighted by molar-refractivity contribution is 6.29. The van der Waals surface area contributed by atoms with Crippen LogP contribution in [-0.4, -0.2) is 16.9 Å². The van der Waals surface area contributed by atoms with Gasteiger partial charge in [-0.1, -0.05) is 17.7 Å². The van der Waals surface area contributed by atoms with E-state index in [-0.39, 0.29) is 17.9 Å². The van der Waals surface area contributed by atoms with Gasteiger partial charge in [0.2, 0.25) is 0 Å². The van der Waals surface area contributed by atoms with Crippen molar-refractivity contribution >= 4 is 28.4 Å². The maximum Gasteiger partial charge on any atom is 0.251 e. The molecule has 3 nitrogen and oxygen atoms in total. The number of benzene rings is 2. The molecule has 1 aromatic heterocycles. The van der Waals surface area contributed by atoms with Crippen LogP contribution >= 0.6 is 11.6 Å². The highest BCUT2D eigenvalue weighted by Crippen LogP contribution is 2.18. The van der Waals surface area contributed by atoms with E-state index in [1.54, 1.807) is 37.3 Å². The molecule has 3 aromatic rings. The Hall–Kier alpha value is -2.53. The molecule has 128 valence electrons. The van der Waals surface area contributed by atoms with Crippen LogP contribution in [0.1, 0.15) is 22.8 Å². The fraction of sp³-hybridized carbons (Fsp3) is 0.158. The van der Waals surface area contributed by atoms with E-state index in [9.17, 15) is 13.6 Å². The minimum atomic E-state index is -0.616. The van der Waals surface area contributed by atoms with Crippen LogP contribution in [-0.2, 0) is 6.42 Å². The maximum absolute atomic E-state index is 13.7. The number of rotatable bonds is 4. The minimum Gasteiger partial charge on any atom is -0.349 e. The lowest BCUT2D eigenvalue weighted by molar-refractivity contribution is 0.0940. The van der Waals surface area contributed by atoms with Gasteiger partial charge in [-0.25, -0.2) is 13.8 Å². The van der Waals surface area contributed by atoms with Gasteiger partial charge in [-0.2, -0.15) is 0 Å². The third-order valence-electron chi connectivity index (χ3n) is 3.87. The number of hydrogen-bond donors (Lipinski definition) is 1. The third-order valence-corrected chi connectivity index (χ3v) is 4.08. The lowest BCUT2D eigenvalue weighted by Crippen LogP contribution is -2.34. The van der Waals surface area contributed by atoms with E-state index in [1.807, 2.05) is 0 Å². The summed E-state index contributed by atoms with van der Waals surface area (Å²) in [5.41, 5.74) is 1.09. The molecule has 6 heteroatoms. The van der Waals surface area contributed by atoms with Crippen molar-refractivity contribution in [2.24, 2.45) is 0 Å². The quantitative estimate of drug-likeness (QED) is 0.695. The molecule has 3 rings (SSSR count). The smallest absolute Gasteiger partial charge is 0.251 e. The molecule has 1 N–H and O–H groups in total. The second-order valence-electron chi connectivity index (χ2n) is 5.82. The van der Waals surface area contributed by atoms with Gasteiger partial charge in [0.05, 0.1) is 5.52 Å². The number of hydrogen-bond acceptors (Lipinski definition) is 2. The van der Waals surface area contributed by atoms with Gasteiger partial charge in [0, 0.05) is 22.6 Å². The number of pyridine rings is 1. The van der Waals surface area contributed by atoms with Gasteiger partial charge in [-0.15, -0.1) is 0 Å². The number of nitrogens with one attached hydrogen (secondary N) is 1. The Morgan fingerprint density at radius 1 is 1.16 bits per heavy atom. The fourth-order valence-corrected chi connectivity index (χ4v) is 2.79. The normalized spacial score (nSPS) is 12.2. The lowest BCUT2D eigenvalue weighted by atomic mass is 10.0. The standard InChI is InChI=1S/C19H15ClF2N2O/c1-11(9-14-15(21)3-2-4-16(14)22)23-19(25)13-5-7-17-12(10-13)6-8-18(20)24-17/h2-8,10-11H,9H2,1H3,(H,23,25). The van der Waals surface area contributed by atoms with Crippen LogP contribution in [0.15, 0.2) is 48.5 Å². The van der Waals surface area contributed by atoms with Crippen molar-refractivity contribution in [3.8, 4) is 0 Å². The summed E-state index contributed by atoms with van der Waals surface area (Å²) in [4.78, 5) is 16.5. The van der Waals surface area contributed by atoms with Crippen LogP contribution in [0.3, 0.4) is 0 Å². The SMILES string of the molecule is CC(Cc1c(F)cccc1F)NC(=O)c1ccc2nc(Cl)ccc2c1. The average Bonchev–Trinajstić information content (AvgIpc) is 2.57. The number of fused-ring (bicyclic) bond motifs is 1. The van der Waals surface area contributed by atoms with Gasteiger partial charge in [0.1, 0.15) is 16.8 Å². The first kappa shape index (κ1) is 17.3. The second-order valence-corrected chi connectivity index (χ2v) is 6.21. The molecule has 1 heterocycles. The molecule has 1 unspecified atom stereocenters. The first-order chi connectivity index (χ1) is 11.9. The van der Waals surface area contributed by atoms with E-state index >= 15 is 0 Å². The van der Waals surface area contributed by atoms with Crippen LogP contribution in [0.4, 0.5) is 8.78 Å². The van der Waals surface area contributed by atoms with E-state index in [1.165, 1.54) is 18.2 Å². The van der Waals surface area contributed by atoms with Crippen LogP contribution < -0.4 is 5.32 Å². The van der Waals surface area contributed by atoms with Gasteiger partial charge in [-0.3, -0.25) is 4.79 Å². The summed E-state index contributed by atoms with van der Waals surface area (Å²) in [5, 5.41) is 3.92. The molecular weight excluding hydrogens is 346 g/mol. The van der Waals surface area contributed by atoms with E-state index in [0.717, 1.165) is 5.39 Å². The molecular formula is C19H15ClF2N2O. The van der Waals surface area contributed by atoms with Crippen molar-refractivity contribution in [1.82, 2.24) is 10.3 Å². The Labute approximate surface area is 148 Å². The van der Waals surface area contributed by atoms with Crippen molar-refractivity contribution in [2.45, 2.75) is 19.4 Å². The van der Waals surface area contributed by atoms with E-state index in [0.29, 0.717) is 16.2 Å². The van der Waals surface area contributed by atoms with Crippen molar-refractivity contribution in [2.75, 3.05) is 0 Å². The lowest BCUT2D eigenvalue weighted by Gasteiger charge is -2.15. The van der Waals surface area contributed by atoms with Crippen LogP contribution in [0.25, 0.3) is 10.9 Å². The first-order valence-corrected chi connectivity index (χ1v) is 8.12.